The molecule has 0 heterocycles. The van der Waals surface area contributed by atoms with Gasteiger partial charge in [-0.3, -0.25) is 13.8 Å². The van der Waals surface area contributed by atoms with Gasteiger partial charge in [0.1, 0.15) is 5.75 Å². The van der Waals surface area contributed by atoms with Crippen LogP contribution >= 0.6 is 7.82 Å². The molecule has 0 fully saturated rings. The molecule has 0 aliphatic carbocycles. The van der Waals surface area contributed by atoms with Crippen molar-refractivity contribution in [2.75, 3.05) is 0 Å². The zero-order valence-corrected chi connectivity index (χ0v) is 18.3. The first-order valence-electron chi connectivity index (χ1n) is 9.00. The first-order valence-corrected chi connectivity index (χ1v) is 10.5. The van der Waals surface area contributed by atoms with Crippen molar-refractivity contribution in [1.29, 1.82) is 0 Å². The fourth-order valence-electron chi connectivity index (χ4n) is 2.56. The first-order chi connectivity index (χ1) is 14.0. The molecule has 0 unspecified atom stereocenters. The van der Waals surface area contributed by atoms with E-state index in [1.807, 2.05) is 60.7 Å². The van der Waals surface area contributed by atoms with Gasteiger partial charge in [-0.2, -0.15) is 0 Å². The van der Waals surface area contributed by atoms with Crippen molar-refractivity contribution in [3.05, 3.63) is 102 Å². The van der Waals surface area contributed by atoms with Crippen LogP contribution in [0.25, 0.3) is 0 Å². The number of aliphatic carboxylic acids is 1. The van der Waals surface area contributed by atoms with E-state index in [1.54, 1.807) is 18.2 Å². The minimum atomic E-state index is -3.97. The summed E-state index contributed by atoms with van der Waals surface area (Å²) in [6, 6.07) is 24.9. The molecule has 8 heteroatoms. The molecule has 30 heavy (non-hydrogen) atoms. The van der Waals surface area contributed by atoms with Gasteiger partial charge in [0.25, 0.3) is 0 Å². The number of carboxylic acids is 1. The molecule has 1 N–H and O–H groups in total. The van der Waals surface area contributed by atoms with Crippen LogP contribution < -0.4 is 4.52 Å². The summed E-state index contributed by atoms with van der Waals surface area (Å²) in [5.41, 5.74) is 2.16. The Morgan fingerprint density at radius 1 is 0.767 bits per heavy atom. The summed E-state index contributed by atoms with van der Waals surface area (Å²) < 4.78 is 30.0. The van der Waals surface area contributed by atoms with Crippen LogP contribution in [-0.4, -0.2) is 11.1 Å². The summed E-state index contributed by atoms with van der Waals surface area (Å²) in [6.07, 6.45) is -0.169. The Labute approximate surface area is 190 Å². The molecule has 3 aromatic rings. The summed E-state index contributed by atoms with van der Waals surface area (Å²) in [6.45, 7) is 0.0868. The van der Waals surface area contributed by atoms with Crippen molar-refractivity contribution < 1.29 is 50.4 Å². The maximum atomic E-state index is 13.3. The molecule has 0 saturated carbocycles. The van der Waals surface area contributed by atoms with Gasteiger partial charge in [-0.25, -0.2) is 4.57 Å². The SMILES string of the molecule is O=C(O)Cc1cccc(OP(=O)(OCc2ccccc2)OCc2ccccc2)c1.[Ag]. The number of hydrogen-bond acceptors (Lipinski definition) is 5. The van der Waals surface area contributed by atoms with Crippen LogP contribution in [0, 0.1) is 0 Å². The number of hydrogen-bond donors (Lipinski definition) is 1. The number of benzene rings is 3. The van der Waals surface area contributed by atoms with E-state index >= 15 is 0 Å². The van der Waals surface area contributed by atoms with Gasteiger partial charge in [0.05, 0.1) is 19.6 Å². The molecule has 1 radical (unpaired) electrons. The van der Waals surface area contributed by atoms with Gasteiger partial charge in [0.2, 0.25) is 0 Å². The standard InChI is InChI=1S/C22H21O6P.Ag/c23-22(24)15-20-12-7-13-21(14-20)28-29(25,26-16-18-8-3-1-4-9-18)27-17-19-10-5-2-6-11-19;/h1-14H,15-17H2,(H,23,24);. The number of phosphoric ester groups is 1. The fraction of sp³-hybridized carbons (Fsp3) is 0.136. The Balaban J connectivity index is 0.00000320. The second kappa shape index (κ2) is 11.9. The number of carboxylic acid groups (broad SMARTS) is 1. The Bertz CT molecular complexity index is 934. The van der Waals surface area contributed by atoms with Crippen LogP contribution in [0.1, 0.15) is 16.7 Å². The van der Waals surface area contributed by atoms with Crippen LogP contribution in [-0.2, 0) is 60.4 Å². The Hall–Kier alpha value is -2.18. The van der Waals surface area contributed by atoms with Gasteiger partial charge in [-0.1, -0.05) is 72.8 Å². The molecular weight excluding hydrogens is 499 g/mol. The van der Waals surface area contributed by atoms with E-state index in [9.17, 15) is 9.36 Å². The second-order valence-corrected chi connectivity index (χ2v) is 7.87. The fourth-order valence-corrected chi connectivity index (χ4v) is 3.73. The largest absolute Gasteiger partial charge is 0.530 e. The third kappa shape index (κ3) is 7.92. The predicted octanol–water partition coefficient (Wildman–Crippen LogP) is 5.23. The van der Waals surface area contributed by atoms with Crippen LogP contribution in [0.3, 0.4) is 0 Å². The molecule has 161 valence electrons. The maximum absolute atomic E-state index is 13.3. The minimum absolute atomic E-state index is 0. The van der Waals surface area contributed by atoms with Crippen LogP contribution in [0.15, 0.2) is 84.9 Å². The van der Waals surface area contributed by atoms with E-state index < -0.39 is 13.8 Å². The van der Waals surface area contributed by atoms with Crippen LogP contribution in [0.2, 0.25) is 0 Å². The van der Waals surface area contributed by atoms with E-state index in [-0.39, 0.29) is 47.8 Å². The smallest absolute Gasteiger partial charge is 0.481 e. The van der Waals surface area contributed by atoms with E-state index in [1.165, 1.54) is 6.07 Å². The summed E-state index contributed by atoms with van der Waals surface area (Å²) >= 11 is 0. The topological polar surface area (TPSA) is 82.1 Å². The van der Waals surface area contributed by atoms with Gasteiger partial charge in [0.15, 0.2) is 0 Å². The average molecular weight is 520 g/mol. The first kappa shape index (κ1) is 24.1. The zero-order chi connectivity index (χ0) is 20.5. The molecule has 0 saturated heterocycles. The van der Waals surface area contributed by atoms with Gasteiger partial charge >= 0.3 is 13.8 Å². The molecule has 0 aromatic heterocycles. The van der Waals surface area contributed by atoms with Crippen molar-refractivity contribution >= 4 is 13.8 Å². The summed E-state index contributed by atoms with van der Waals surface area (Å²) in [5.74, 6) is -0.751. The minimum Gasteiger partial charge on any atom is -0.481 e. The number of rotatable bonds is 10. The quantitative estimate of drug-likeness (QED) is 0.291. The molecule has 0 spiro atoms. The van der Waals surface area contributed by atoms with Crippen molar-refractivity contribution in [2.45, 2.75) is 19.6 Å². The Morgan fingerprint density at radius 2 is 1.27 bits per heavy atom. The summed E-state index contributed by atoms with van der Waals surface area (Å²) in [4.78, 5) is 10.9. The van der Waals surface area contributed by atoms with E-state index in [4.69, 9.17) is 18.7 Å². The van der Waals surface area contributed by atoms with Gasteiger partial charge in [-0.05, 0) is 28.8 Å². The zero-order valence-electron chi connectivity index (χ0n) is 15.9. The van der Waals surface area contributed by atoms with Gasteiger partial charge < -0.3 is 9.63 Å². The molecule has 6 nitrogen and oxygen atoms in total. The second-order valence-electron chi connectivity index (χ2n) is 6.27. The van der Waals surface area contributed by atoms with Crippen molar-refractivity contribution in [1.82, 2.24) is 0 Å². The number of phosphoric acid groups is 1. The van der Waals surface area contributed by atoms with Gasteiger partial charge in [-0.15, -0.1) is 0 Å². The maximum Gasteiger partial charge on any atom is 0.530 e. The Morgan fingerprint density at radius 3 is 1.77 bits per heavy atom. The molecule has 0 amide bonds. The molecule has 0 aliphatic heterocycles. The van der Waals surface area contributed by atoms with E-state index in [0.29, 0.717) is 5.56 Å². The number of carbonyl (C=O) groups is 1. The molecule has 3 rings (SSSR count). The predicted molar refractivity (Wildman–Crippen MR) is 108 cm³/mol. The molecule has 0 atom stereocenters. The third-order valence-corrected chi connectivity index (χ3v) is 5.26. The summed E-state index contributed by atoms with van der Waals surface area (Å²) in [7, 11) is -3.97. The third-order valence-electron chi connectivity index (χ3n) is 3.94. The molecular formula is C22H21AgO6P. The van der Waals surface area contributed by atoms with E-state index in [0.717, 1.165) is 11.1 Å². The van der Waals surface area contributed by atoms with Crippen molar-refractivity contribution in [3.63, 3.8) is 0 Å². The average Bonchev–Trinajstić information content (AvgIpc) is 2.72. The molecule has 3 aromatic carbocycles. The molecule has 0 bridgehead atoms. The Kier molecular flexibility index (Phi) is 9.53. The summed E-state index contributed by atoms with van der Waals surface area (Å²) in [5, 5.41) is 8.97. The van der Waals surface area contributed by atoms with Crippen molar-refractivity contribution in [3.8, 4) is 5.75 Å². The molecule has 0 aliphatic rings. The van der Waals surface area contributed by atoms with Crippen LogP contribution in [0.4, 0.5) is 0 Å². The van der Waals surface area contributed by atoms with E-state index in [2.05, 4.69) is 0 Å². The van der Waals surface area contributed by atoms with Gasteiger partial charge in [0, 0.05) is 22.4 Å². The van der Waals surface area contributed by atoms with Crippen LogP contribution in [0.5, 0.6) is 5.75 Å². The van der Waals surface area contributed by atoms with Crippen molar-refractivity contribution in [2.24, 2.45) is 0 Å². The monoisotopic (exact) mass is 519 g/mol. The normalized spacial score (nSPS) is 10.8.